The topological polar surface area (TPSA) is 64.3 Å². The van der Waals surface area contributed by atoms with Crippen molar-refractivity contribution in [2.24, 2.45) is 0 Å². The Morgan fingerprint density at radius 2 is 2.11 bits per heavy atom. The molecule has 0 aromatic heterocycles. The molecule has 0 aliphatic heterocycles. The van der Waals surface area contributed by atoms with Crippen LogP contribution in [0.4, 0.5) is 5.69 Å². The molecule has 0 saturated carbocycles. The zero-order chi connectivity index (χ0) is 13.5. The van der Waals surface area contributed by atoms with Crippen LogP contribution in [0.2, 0.25) is 0 Å². The van der Waals surface area contributed by atoms with Gasteiger partial charge in [-0.25, -0.2) is 0 Å². The van der Waals surface area contributed by atoms with Gasteiger partial charge in [0, 0.05) is 6.54 Å². The molecule has 0 saturated heterocycles. The second kappa shape index (κ2) is 6.89. The van der Waals surface area contributed by atoms with E-state index in [-0.39, 0.29) is 12.5 Å². The maximum absolute atomic E-state index is 11.5. The van der Waals surface area contributed by atoms with Gasteiger partial charge in [0.15, 0.2) is 6.61 Å². The number of hydrogen-bond acceptors (Lipinski definition) is 3. The summed E-state index contributed by atoms with van der Waals surface area (Å²) < 4.78 is 5.48. The molecule has 1 rings (SSSR count). The third-order valence-electron chi connectivity index (χ3n) is 2.65. The van der Waals surface area contributed by atoms with Gasteiger partial charge in [0.2, 0.25) is 0 Å². The largest absolute Gasteiger partial charge is 0.481 e. The molecule has 4 heteroatoms. The number of anilines is 1. The monoisotopic (exact) mass is 250 g/mol. The molecule has 0 unspecified atom stereocenters. The Hall–Kier alpha value is -1.71. The number of amides is 1. The van der Waals surface area contributed by atoms with E-state index in [4.69, 9.17) is 10.5 Å². The zero-order valence-electron chi connectivity index (χ0n) is 11.4. The Kier molecular flexibility index (Phi) is 5.49. The van der Waals surface area contributed by atoms with Crippen molar-refractivity contribution in [3.05, 3.63) is 23.3 Å². The molecule has 1 aromatic rings. The number of aryl methyl sites for hydroxylation is 2. The van der Waals surface area contributed by atoms with E-state index in [1.54, 1.807) is 0 Å². The fourth-order valence-corrected chi connectivity index (χ4v) is 1.78. The van der Waals surface area contributed by atoms with Crippen molar-refractivity contribution in [2.45, 2.75) is 33.6 Å². The van der Waals surface area contributed by atoms with Crippen LogP contribution in [0.3, 0.4) is 0 Å². The quantitative estimate of drug-likeness (QED) is 0.601. The Balaban J connectivity index is 2.51. The maximum Gasteiger partial charge on any atom is 0.257 e. The zero-order valence-corrected chi connectivity index (χ0v) is 11.4. The SMILES string of the molecule is CCCCNC(=O)COc1c(C)cc(C)cc1N. The number of rotatable bonds is 6. The first-order chi connectivity index (χ1) is 8.54. The highest BCUT2D eigenvalue weighted by Gasteiger charge is 2.08. The molecule has 0 fully saturated rings. The molecule has 0 bridgehead atoms. The van der Waals surface area contributed by atoms with Crippen molar-refractivity contribution in [3.8, 4) is 5.75 Å². The van der Waals surface area contributed by atoms with Gasteiger partial charge < -0.3 is 15.8 Å². The van der Waals surface area contributed by atoms with Gasteiger partial charge >= 0.3 is 0 Å². The lowest BCUT2D eigenvalue weighted by Gasteiger charge is -2.12. The van der Waals surface area contributed by atoms with Crippen molar-refractivity contribution in [1.29, 1.82) is 0 Å². The van der Waals surface area contributed by atoms with E-state index < -0.39 is 0 Å². The van der Waals surface area contributed by atoms with Crippen LogP contribution in [0.1, 0.15) is 30.9 Å². The average molecular weight is 250 g/mol. The first kappa shape index (κ1) is 14.4. The third kappa shape index (κ3) is 4.28. The number of nitrogens with one attached hydrogen (secondary N) is 1. The molecule has 0 heterocycles. The van der Waals surface area contributed by atoms with Crippen molar-refractivity contribution >= 4 is 11.6 Å². The molecule has 0 spiro atoms. The molecule has 1 aromatic carbocycles. The maximum atomic E-state index is 11.5. The summed E-state index contributed by atoms with van der Waals surface area (Å²) in [5.74, 6) is 0.495. The minimum absolute atomic E-state index is 0.0117. The van der Waals surface area contributed by atoms with Crippen LogP contribution < -0.4 is 15.8 Å². The Morgan fingerprint density at radius 1 is 1.39 bits per heavy atom. The lowest BCUT2D eigenvalue weighted by atomic mass is 10.1. The normalized spacial score (nSPS) is 10.2. The van der Waals surface area contributed by atoms with E-state index in [0.29, 0.717) is 18.0 Å². The lowest BCUT2D eigenvalue weighted by molar-refractivity contribution is -0.123. The molecule has 4 nitrogen and oxygen atoms in total. The Labute approximate surface area is 109 Å². The number of unbranched alkanes of at least 4 members (excludes halogenated alkanes) is 1. The number of ether oxygens (including phenoxy) is 1. The van der Waals surface area contributed by atoms with E-state index in [1.165, 1.54) is 0 Å². The summed E-state index contributed by atoms with van der Waals surface area (Å²) in [6.45, 7) is 6.69. The average Bonchev–Trinajstić information content (AvgIpc) is 2.27. The molecule has 0 aliphatic rings. The van der Waals surface area contributed by atoms with Gasteiger partial charge in [-0.1, -0.05) is 19.4 Å². The number of hydrogen-bond donors (Lipinski definition) is 2. The standard InChI is InChI=1S/C14H22N2O2/c1-4-5-6-16-13(17)9-18-14-11(3)7-10(2)8-12(14)15/h7-8H,4-6,9,15H2,1-3H3,(H,16,17). The molecule has 0 radical (unpaired) electrons. The Bertz CT molecular complexity index is 393. The van der Waals surface area contributed by atoms with Crippen LogP contribution in [0, 0.1) is 13.8 Å². The predicted molar refractivity (Wildman–Crippen MR) is 73.7 cm³/mol. The van der Waals surface area contributed by atoms with Gasteiger partial charge in [0.25, 0.3) is 5.91 Å². The summed E-state index contributed by atoms with van der Waals surface area (Å²) in [5.41, 5.74) is 8.49. The molecule has 3 N–H and O–H groups in total. The second-order valence-electron chi connectivity index (χ2n) is 4.49. The van der Waals surface area contributed by atoms with Crippen molar-refractivity contribution < 1.29 is 9.53 Å². The van der Waals surface area contributed by atoms with Crippen molar-refractivity contribution in [1.82, 2.24) is 5.32 Å². The number of benzene rings is 1. The predicted octanol–water partition coefficient (Wildman–Crippen LogP) is 2.18. The van der Waals surface area contributed by atoms with E-state index >= 15 is 0 Å². The molecule has 1 amide bonds. The summed E-state index contributed by atoms with van der Waals surface area (Å²) in [6, 6.07) is 3.83. The van der Waals surface area contributed by atoms with Gasteiger partial charge in [-0.05, 0) is 37.5 Å². The first-order valence-electron chi connectivity index (χ1n) is 6.30. The van der Waals surface area contributed by atoms with Gasteiger partial charge in [0.1, 0.15) is 5.75 Å². The lowest BCUT2D eigenvalue weighted by Crippen LogP contribution is -2.29. The highest BCUT2D eigenvalue weighted by atomic mass is 16.5. The van der Waals surface area contributed by atoms with Crippen LogP contribution in [0.5, 0.6) is 5.75 Å². The summed E-state index contributed by atoms with van der Waals surface area (Å²) >= 11 is 0. The van der Waals surface area contributed by atoms with E-state index in [0.717, 1.165) is 24.0 Å². The highest BCUT2D eigenvalue weighted by molar-refractivity contribution is 5.77. The van der Waals surface area contributed by atoms with E-state index in [9.17, 15) is 4.79 Å². The van der Waals surface area contributed by atoms with Crippen molar-refractivity contribution in [2.75, 3.05) is 18.9 Å². The smallest absolute Gasteiger partial charge is 0.257 e. The van der Waals surface area contributed by atoms with Gasteiger partial charge in [0.05, 0.1) is 5.69 Å². The van der Waals surface area contributed by atoms with Crippen molar-refractivity contribution in [3.63, 3.8) is 0 Å². The van der Waals surface area contributed by atoms with Crippen LogP contribution >= 0.6 is 0 Å². The number of carbonyl (C=O) groups excluding carboxylic acids is 1. The highest BCUT2D eigenvalue weighted by Crippen LogP contribution is 2.27. The van der Waals surface area contributed by atoms with Gasteiger partial charge in [-0.3, -0.25) is 4.79 Å². The number of nitrogens with two attached hydrogens (primary N) is 1. The van der Waals surface area contributed by atoms with Gasteiger partial charge in [-0.2, -0.15) is 0 Å². The fourth-order valence-electron chi connectivity index (χ4n) is 1.78. The summed E-state index contributed by atoms with van der Waals surface area (Å²) in [4.78, 5) is 11.5. The number of carbonyl (C=O) groups is 1. The molecule has 100 valence electrons. The summed E-state index contributed by atoms with van der Waals surface area (Å²) in [5, 5.41) is 2.80. The molecule has 0 atom stereocenters. The van der Waals surface area contributed by atoms with Crippen LogP contribution in [-0.4, -0.2) is 19.1 Å². The molecule has 18 heavy (non-hydrogen) atoms. The van der Waals surface area contributed by atoms with E-state index in [2.05, 4.69) is 12.2 Å². The Morgan fingerprint density at radius 3 is 2.72 bits per heavy atom. The third-order valence-corrected chi connectivity index (χ3v) is 2.65. The number of nitrogen functional groups attached to an aromatic ring is 1. The molecule has 0 aliphatic carbocycles. The minimum atomic E-state index is -0.108. The van der Waals surface area contributed by atoms with E-state index in [1.807, 2.05) is 26.0 Å². The van der Waals surface area contributed by atoms with Crippen LogP contribution in [0.25, 0.3) is 0 Å². The minimum Gasteiger partial charge on any atom is -0.481 e. The summed E-state index contributed by atoms with van der Waals surface area (Å²) in [6.07, 6.45) is 2.04. The van der Waals surface area contributed by atoms with Crippen LogP contribution in [-0.2, 0) is 4.79 Å². The molecular weight excluding hydrogens is 228 g/mol. The van der Waals surface area contributed by atoms with Gasteiger partial charge in [-0.15, -0.1) is 0 Å². The summed E-state index contributed by atoms with van der Waals surface area (Å²) in [7, 11) is 0. The van der Waals surface area contributed by atoms with Crippen LogP contribution in [0.15, 0.2) is 12.1 Å². The second-order valence-corrected chi connectivity index (χ2v) is 4.49. The molecular formula is C14H22N2O2. The first-order valence-corrected chi connectivity index (χ1v) is 6.30. The fraction of sp³-hybridized carbons (Fsp3) is 0.500.